The molecule has 0 aliphatic rings. The molecule has 1 aromatic heterocycles. The van der Waals surface area contributed by atoms with Gasteiger partial charge in [0.2, 0.25) is 0 Å². The average Bonchev–Trinajstić information content (AvgIpc) is 2.71. The maximum absolute atomic E-state index is 12.2. The zero-order chi connectivity index (χ0) is 14.9. The van der Waals surface area contributed by atoms with Crippen molar-refractivity contribution in [2.24, 2.45) is 0 Å². The Morgan fingerprint density at radius 3 is 2.60 bits per heavy atom. The summed E-state index contributed by atoms with van der Waals surface area (Å²) in [6.07, 6.45) is 0. The SMILES string of the molecule is Cc1cc(C(C)NC(=O)c2ccc(Br)c(N)c2)c(C)s1. The Balaban J connectivity index is 2.15. The highest BCUT2D eigenvalue weighted by Crippen LogP contribution is 2.26. The largest absolute Gasteiger partial charge is 0.398 e. The molecular weight excluding hydrogens is 336 g/mol. The minimum atomic E-state index is -0.111. The van der Waals surface area contributed by atoms with Crippen molar-refractivity contribution in [3.63, 3.8) is 0 Å². The Bertz CT molecular complexity index is 651. The molecule has 0 aliphatic carbocycles. The molecule has 0 spiro atoms. The van der Waals surface area contributed by atoms with Crippen molar-refractivity contribution in [3.05, 3.63) is 49.6 Å². The highest BCUT2D eigenvalue weighted by atomic mass is 79.9. The van der Waals surface area contributed by atoms with E-state index >= 15 is 0 Å². The van der Waals surface area contributed by atoms with Gasteiger partial charge in [0, 0.05) is 25.5 Å². The molecule has 0 saturated heterocycles. The van der Waals surface area contributed by atoms with Gasteiger partial charge >= 0.3 is 0 Å². The summed E-state index contributed by atoms with van der Waals surface area (Å²) in [7, 11) is 0. The molecule has 106 valence electrons. The minimum Gasteiger partial charge on any atom is -0.398 e. The first-order valence-electron chi connectivity index (χ1n) is 6.31. The van der Waals surface area contributed by atoms with Gasteiger partial charge in [-0.15, -0.1) is 11.3 Å². The van der Waals surface area contributed by atoms with E-state index in [9.17, 15) is 4.79 Å². The van der Waals surface area contributed by atoms with Crippen LogP contribution >= 0.6 is 27.3 Å². The van der Waals surface area contributed by atoms with Gasteiger partial charge in [-0.1, -0.05) is 0 Å². The Hall–Kier alpha value is -1.33. The first-order valence-corrected chi connectivity index (χ1v) is 7.92. The molecule has 2 rings (SSSR count). The lowest BCUT2D eigenvalue weighted by molar-refractivity contribution is 0.0940. The number of nitrogens with one attached hydrogen (secondary N) is 1. The van der Waals surface area contributed by atoms with Crippen LogP contribution in [0.2, 0.25) is 0 Å². The molecule has 1 heterocycles. The van der Waals surface area contributed by atoms with Crippen molar-refractivity contribution < 1.29 is 4.79 Å². The maximum atomic E-state index is 12.2. The first-order chi connectivity index (χ1) is 9.38. The van der Waals surface area contributed by atoms with E-state index < -0.39 is 0 Å². The number of hydrogen-bond donors (Lipinski definition) is 2. The molecule has 1 amide bonds. The summed E-state index contributed by atoms with van der Waals surface area (Å²) in [5.74, 6) is -0.111. The van der Waals surface area contributed by atoms with Crippen molar-refractivity contribution >= 4 is 38.9 Å². The van der Waals surface area contributed by atoms with E-state index in [4.69, 9.17) is 5.73 Å². The molecule has 5 heteroatoms. The van der Waals surface area contributed by atoms with Gasteiger partial charge in [-0.3, -0.25) is 4.79 Å². The fourth-order valence-corrected chi connectivity index (χ4v) is 3.39. The van der Waals surface area contributed by atoms with E-state index in [0.29, 0.717) is 11.3 Å². The number of rotatable bonds is 3. The highest BCUT2D eigenvalue weighted by molar-refractivity contribution is 9.10. The number of aryl methyl sites for hydroxylation is 2. The molecule has 2 aromatic rings. The number of amides is 1. The fourth-order valence-electron chi connectivity index (χ4n) is 2.12. The quantitative estimate of drug-likeness (QED) is 0.813. The molecule has 0 fully saturated rings. The highest BCUT2D eigenvalue weighted by Gasteiger charge is 2.15. The third kappa shape index (κ3) is 3.22. The smallest absolute Gasteiger partial charge is 0.251 e. The number of carbonyl (C=O) groups excluding carboxylic acids is 1. The number of nitrogens with two attached hydrogens (primary N) is 1. The van der Waals surface area contributed by atoms with Gasteiger partial charge in [-0.25, -0.2) is 0 Å². The van der Waals surface area contributed by atoms with Gasteiger partial charge < -0.3 is 11.1 Å². The number of hydrogen-bond acceptors (Lipinski definition) is 3. The molecule has 0 radical (unpaired) electrons. The summed E-state index contributed by atoms with van der Waals surface area (Å²) in [6.45, 7) is 6.15. The van der Waals surface area contributed by atoms with Crippen LogP contribution in [-0.2, 0) is 0 Å². The standard InChI is InChI=1S/C15H17BrN2OS/c1-8-6-12(10(3)20-8)9(2)18-15(19)11-4-5-13(16)14(17)7-11/h4-7,9H,17H2,1-3H3,(H,18,19). The molecule has 0 saturated carbocycles. The third-order valence-electron chi connectivity index (χ3n) is 3.15. The summed E-state index contributed by atoms with van der Waals surface area (Å²) in [5.41, 5.74) is 8.11. The monoisotopic (exact) mass is 352 g/mol. The van der Waals surface area contributed by atoms with E-state index in [-0.39, 0.29) is 11.9 Å². The molecule has 3 nitrogen and oxygen atoms in total. The lowest BCUT2D eigenvalue weighted by atomic mass is 10.1. The zero-order valence-electron chi connectivity index (χ0n) is 11.7. The summed E-state index contributed by atoms with van der Waals surface area (Å²) in [6, 6.07) is 7.33. The normalized spacial score (nSPS) is 12.2. The predicted octanol–water partition coefficient (Wildman–Crippen LogP) is 4.20. The number of carbonyl (C=O) groups is 1. The number of halogens is 1. The van der Waals surface area contributed by atoms with Crippen LogP contribution < -0.4 is 11.1 Å². The molecule has 20 heavy (non-hydrogen) atoms. The Kier molecular flexibility index (Phi) is 4.50. The summed E-state index contributed by atoms with van der Waals surface area (Å²) in [4.78, 5) is 14.7. The lowest BCUT2D eigenvalue weighted by Crippen LogP contribution is -2.26. The average molecular weight is 353 g/mol. The first kappa shape index (κ1) is 15.1. The fraction of sp³-hybridized carbons (Fsp3) is 0.267. The van der Waals surface area contributed by atoms with E-state index in [2.05, 4.69) is 41.2 Å². The molecular formula is C15H17BrN2OS. The summed E-state index contributed by atoms with van der Waals surface area (Å²) in [5, 5.41) is 3.01. The Morgan fingerprint density at radius 1 is 1.35 bits per heavy atom. The predicted molar refractivity (Wildman–Crippen MR) is 88.2 cm³/mol. The van der Waals surface area contributed by atoms with E-state index in [1.54, 1.807) is 29.5 Å². The van der Waals surface area contributed by atoms with Crippen LogP contribution in [-0.4, -0.2) is 5.91 Å². The number of anilines is 1. The zero-order valence-corrected chi connectivity index (χ0v) is 14.1. The third-order valence-corrected chi connectivity index (χ3v) is 4.86. The Morgan fingerprint density at radius 2 is 2.05 bits per heavy atom. The van der Waals surface area contributed by atoms with Crippen molar-refractivity contribution in [2.45, 2.75) is 26.8 Å². The molecule has 1 aromatic carbocycles. The van der Waals surface area contributed by atoms with Gasteiger partial charge in [0.1, 0.15) is 0 Å². The Labute approximate surface area is 131 Å². The van der Waals surface area contributed by atoms with E-state index in [0.717, 1.165) is 4.47 Å². The van der Waals surface area contributed by atoms with Gasteiger partial charge in [0.25, 0.3) is 5.91 Å². The maximum Gasteiger partial charge on any atom is 0.251 e. The van der Waals surface area contributed by atoms with Crippen LogP contribution in [0.3, 0.4) is 0 Å². The summed E-state index contributed by atoms with van der Waals surface area (Å²) < 4.78 is 0.798. The van der Waals surface area contributed by atoms with Crippen LogP contribution in [0.25, 0.3) is 0 Å². The van der Waals surface area contributed by atoms with Crippen LogP contribution in [0.15, 0.2) is 28.7 Å². The topological polar surface area (TPSA) is 55.1 Å². The van der Waals surface area contributed by atoms with Crippen LogP contribution in [0.4, 0.5) is 5.69 Å². The van der Waals surface area contributed by atoms with Gasteiger partial charge in [-0.2, -0.15) is 0 Å². The number of thiophene rings is 1. The number of nitrogen functional groups attached to an aromatic ring is 1. The molecule has 1 atom stereocenters. The van der Waals surface area contributed by atoms with Crippen molar-refractivity contribution in [3.8, 4) is 0 Å². The van der Waals surface area contributed by atoms with Crippen molar-refractivity contribution in [1.29, 1.82) is 0 Å². The van der Waals surface area contributed by atoms with Gasteiger partial charge in [0.05, 0.1) is 6.04 Å². The van der Waals surface area contributed by atoms with E-state index in [1.165, 1.54) is 15.3 Å². The number of benzene rings is 1. The molecule has 1 unspecified atom stereocenters. The minimum absolute atomic E-state index is 0.0164. The molecule has 0 bridgehead atoms. The van der Waals surface area contributed by atoms with E-state index in [1.807, 2.05) is 6.92 Å². The molecule has 0 aliphatic heterocycles. The second kappa shape index (κ2) is 5.97. The van der Waals surface area contributed by atoms with Gasteiger partial charge in [0.15, 0.2) is 0 Å². The van der Waals surface area contributed by atoms with Crippen LogP contribution in [0, 0.1) is 13.8 Å². The summed E-state index contributed by atoms with van der Waals surface area (Å²) >= 11 is 5.07. The molecule has 3 N–H and O–H groups in total. The second-order valence-corrected chi connectivity index (χ2v) is 7.11. The van der Waals surface area contributed by atoms with Crippen LogP contribution in [0.5, 0.6) is 0 Å². The lowest BCUT2D eigenvalue weighted by Gasteiger charge is -2.14. The van der Waals surface area contributed by atoms with Gasteiger partial charge in [-0.05, 0) is 66.5 Å². The van der Waals surface area contributed by atoms with Crippen molar-refractivity contribution in [2.75, 3.05) is 5.73 Å². The second-order valence-electron chi connectivity index (χ2n) is 4.80. The van der Waals surface area contributed by atoms with Crippen LogP contribution in [0.1, 0.15) is 38.6 Å². The van der Waals surface area contributed by atoms with Crippen molar-refractivity contribution in [1.82, 2.24) is 5.32 Å².